The van der Waals surface area contributed by atoms with E-state index >= 15 is 0 Å². The molecule has 5 heteroatoms. The highest BCUT2D eigenvalue weighted by molar-refractivity contribution is 5.13. The van der Waals surface area contributed by atoms with E-state index in [0.717, 1.165) is 5.56 Å². The molecule has 1 aromatic rings. The second kappa shape index (κ2) is 6.98. The first-order chi connectivity index (χ1) is 9.30. The Morgan fingerprint density at radius 1 is 1.11 bits per heavy atom. The molecule has 1 fully saturated rings. The quantitative estimate of drug-likeness (QED) is 0.832. The summed E-state index contributed by atoms with van der Waals surface area (Å²) in [6, 6.07) is 9.84. The Labute approximate surface area is 113 Å². The zero-order valence-electron chi connectivity index (χ0n) is 11.2. The van der Waals surface area contributed by atoms with Crippen LogP contribution >= 0.6 is 0 Å². The van der Waals surface area contributed by atoms with E-state index in [1.807, 2.05) is 30.3 Å². The molecule has 106 valence electrons. The minimum Gasteiger partial charge on any atom is -0.394 e. The van der Waals surface area contributed by atoms with E-state index in [0.29, 0.717) is 6.61 Å². The van der Waals surface area contributed by atoms with Crippen molar-refractivity contribution in [3.63, 3.8) is 0 Å². The SMILES string of the molecule is CO[C@H]1O[C@H](CO)[C@H](OCc2ccccc2)[C@H]1OC. The van der Waals surface area contributed by atoms with Crippen molar-refractivity contribution >= 4 is 0 Å². The number of benzene rings is 1. The number of ether oxygens (including phenoxy) is 4. The summed E-state index contributed by atoms with van der Waals surface area (Å²) < 4.78 is 21.9. The number of hydrogen-bond acceptors (Lipinski definition) is 5. The Morgan fingerprint density at radius 2 is 1.84 bits per heavy atom. The van der Waals surface area contributed by atoms with E-state index < -0.39 is 12.4 Å². The minimum atomic E-state index is -0.511. The molecule has 0 saturated carbocycles. The molecular formula is C14H20O5. The molecular weight excluding hydrogens is 248 g/mol. The minimum absolute atomic E-state index is 0.126. The van der Waals surface area contributed by atoms with Gasteiger partial charge in [0.25, 0.3) is 0 Å². The molecule has 0 bridgehead atoms. The first-order valence-electron chi connectivity index (χ1n) is 6.27. The molecule has 4 atom stereocenters. The van der Waals surface area contributed by atoms with Crippen molar-refractivity contribution in [1.82, 2.24) is 0 Å². The third kappa shape index (κ3) is 3.32. The number of hydrogen-bond donors (Lipinski definition) is 1. The normalized spacial score (nSPS) is 30.7. The average molecular weight is 268 g/mol. The molecule has 2 rings (SSSR count). The van der Waals surface area contributed by atoms with Gasteiger partial charge in [0.1, 0.15) is 18.3 Å². The third-order valence-electron chi connectivity index (χ3n) is 3.24. The monoisotopic (exact) mass is 268 g/mol. The lowest BCUT2D eigenvalue weighted by atomic mass is 10.1. The van der Waals surface area contributed by atoms with Gasteiger partial charge in [-0.15, -0.1) is 0 Å². The Kier molecular flexibility index (Phi) is 5.30. The molecule has 19 heavy (non-hydrogen) atoms. The summed E-state index contributed by atoms with van der Waals surface area (Å²) in [5, 5.41) is 9.34. The fourth-order valence-electron chi connectivity index (χ4n) is 2.24. The van der Waals surface area contributed by atoms with Crippen molar-refractivity contribution in [3.8, 4) is 0 Å². The van der Waals surface area contributed by atoms with Crippen LogP contribution < -0.4 is 0 Å². The van der Waals surface area contributed by atoms with Crippen LogP contribution in [0.1, 0.15) is 5.56 Å². The van der Waals surface area contributed by atoms with Crippen LogP contribution in [-0.4, -0.2) is 50.5 Å². The first-order valence-corrected chi connectivity index (χ1v) is 6.27. The third-order valence-corrected chi connectivity index (χ3v) is 3.24. The Balaban J connectivity index is 1.99. The predicted molar refractivity (Wildman–Crippen MR) is 68.6 cm³/mol. The molecule has 1 N–H and O–H groups in total. The second-order valence-electron chi connectivity index (χ2n) is 4.42. The topological polar surface area (TPSA) is 57.2 Å². The standard InChI is InChI=1S/C14H20O5/c1-16-13-12(11(8-15)19-14(13)17-2)18-9-10-6-4-3-5-7-10/h3-7,11-15H,8-9H2,1-2H3/t11-,12+,13-,14+/m1/s1. The summed E-state index contributed by atoms with van der Waals surface area (Å²) in [5.41, 5.74) is 1.06. The van der Waals surface area contributed by atoms with E-state index in [9.17, 15) is 5.11 Å². The highest BCUT2D eigenvalue weighted by Crippen LogP contribution is 2.27. The molecule has 1 aliphatic rings. The van der Waals surface area contributed by atoms with Gasteiger partial charge in [-0.1, -0.05) is 30.3 Å². The molecule has 0 unspecified atom stereocenters. The molecule has 0 aliphatic carbocycles. The van der Waals surface area contributed by atoms with Crippen LogP contribution in [0.4, 0.5) is 0 Å². The lowest BCUT2D eigenvalue weighted by Gasteiger charge is -2.22. The van der Waals surface area contributed by atoms with Crippen LogP contribution in [0.25, 0.3) is 0 Å². The first kappa shape index (κ1) is 14.4. The van der Waals surface area contributed by atoms with Crippen LogP contribution in [0.3, 0.4) is 0 Å². The molecule has 1 heterocycles. The Hall–Kier alpha value is -0.980. The molecule has 0 aromatic heterocycles. The van der Waals surface area contributed by atoms with Crippen molar-refractivity contribution in [3.05, 3.63) is 35.9 Å². The molecule has 1 aliphatic heterocycles. The van der Waals surface area contributed by atoms with E-state index in [4.69, 9.17) is 18.9 Å². The number of rotatable bonds is 6. The highest BCUT2D eigenvalue weighted by atomic mass is 16.7. The van der Waals surface area contributed by atoms with Crippen LogP contribution in [0, 0.1) is 0 Å². The van der Waals surface area contributed by atoms with Crippen LogP contribution in [0.15, 0.2) is 30.3 Å². The maximum atomic E-state index is 9.34. The average Bonchev–Trinajstić information content (AvgIpc) is 2.83. The maximum Gasteiger partial charge on any atom is 0.186 e. The summed E-state index contributed by atoms with van der Waals surface area (Å²) >= 11 is 0. The van der Waals surface area contributed by atoms with Gasteiger partial charge < -0.3 is 24.1 Å². The predicted octanol–water partition coefficient (Wildman–Crippen LogP) is 0.950. The van der Waals surface area contributed by atoms with Crippen molar-refractivity contribution in [2.75, 3.05) is 20.8 Å². The zero-order valence-corrected chi connectivity index (χ0v) is 11.2. The van der Waals surface area contributed by atoms with Gasteiger partial charge >= 0.3 is 0 Å². The second-order valence-corrected chi connectivity index (χ2v) is 4.42. The summed E-state index contributed by atoms with van der Waals surface area (Å²) in [6.45, 7) is 0.320. The number of aliphatic hydroxyl groups excluding tert-OH is 1. The van der Waals surface area contributed by atoms with Gasteiger partial charge in [-0.3, -0.25) is 0 Å². The van der Waals surface area contributed by atoms with Gasteiger partial charge in [0.05, 0.1) is 13.2 Å². The largest absolute Gasteiger partial charge is 0.394 e. The Bertz CT molecular complexity index is 369. The van der Waals surface area contributed by atoms with Crippen molar-refractivity contribution in [2.24, 2.45) is 0 Å². The zero-order chi connectivity index (χ0) is 13.7. The summed E-state index contributed by atoms with van der Waals surface area (Å²) in [5.74, 6) is 0. The van der Waals surface area contributed by atoms with Gasteiger partial charge in [-0.25, -0.2) is 0 Å². The van der Waals surface area contributed by atoms with Crippen molar-refractivity contribution in [2.45, 2.75) is 31.2 Å². The fraction of sp³-hybridized carbons (Fsp3) is 0.571. The van der Waals surface area contributed by atoms with E-state index in [-0.39, 0.29) is 18.8 Å². The summed E-state index contributed by atoms with van der Waals surface area (Å²) in [4.78, 5) is 0. The summed E-state index contributed by atoms with van der Waals surface area (Å²) in [6.07, 6.45) is -1.63. The molecule has 1 aromatic carbocycles. The Morgan fingerprint density at radius 3 is 2.42 bits per heavy atom. The van der Waals surface area contributed by atoms with E-state index in [1.54, 1.807) is 14.2 Å². The smallest absolute Gasteiger partial charge is 0.186 e. The molecule has 1 saturated heterocycles. The van der Waals surface area contributed by atoms with Gasteiger partial charge in [0.2, 0.25) is 0 Å². The van der Waals surface area contributed by atoms with Gasteiger partial charge in [0.15, 0.2) is 6.29 Å². The molecule has 0 radical (unpaired) electrons. The lowest BCUT2D eigenvalue weighted by Crippen LogP contribution is -2.38. The van der Waals surface area contributed by atoms with Crippen molar-refractivity contribution in [1.29, 1.82) is 0 Å². The van der Waals surface area contributed by atoms with Gasteiger partial charge in [0, 0.05) is 14.2 Å². The van der Waals surface area contributed by atoms with E-state index in [2.05, 4.69) is 0 Å². The van der Waals surface area contributed by atoms with Gasteiger partial charge in [-0.05, 0) is 5.56 Å². The van der Waals surface area contributed by atoms with Gasteiger partial charge in [-0.2, -0.15) is 0 Å². The highest BCUT2D eigenvalue weighted by Gasteiger charge is 2.45. The number of methoxy groups -OCH3 is 2. The van der Waals surface area contributed by atoms with Crippen LogP contribution in [0.5, 0.6) is 0 Å². The van der Waals surface area contributed by atoms with Crippen LogP contribution in [0.2, 0.25) is 0 Å². The van der Waals surface area contributed by atoms with Crippen molar-refractivity contribution < 1.29 is 24.1 Å². The maximum absolute atomic E-state index is 9.34. The molecule has 5 nitrogen and oxygen atoms in total. The molecule has 0 amide bonds. The molecule has 0 spiro atoms. The number of aliphatic hydroxyl groups is 1. The summed E-state index contributed by atoms with van der Waals surface area (Å²) in [7, 11) is 3.13. The van der Waals surface area contributed by atoms with E-state index in [1.165, 1.54) is 0 Å². The van der Waals surface area contributed by atoms with Crippen LogP contribution in [-0.2, 0) is 25.6 Å². The fourth-order valence-corrected chi connectivity index (χ4v) is 2.24. The lowest BCUT2D eigenvalue weighted by molar-refractivity contribution is -0.159.